The maximum atomic E-state index is 13.2. The number of nitrogens with one attached hydrogen (secondary N) is 1. The Morgan fingerprint density at radius 3 is 2.62 bits per heavy atom. The quantitative estimate of drug-likeness (QED) is 0.501. The largest absolute Gasteiger partial charge is 0.490 e. The fourth-order valence-corrected chi connectivity index (χ4v) is 5.26. The third-order valence-electron chi connectivity index (χ3n) is 6.51. The van der Waals surface area contributed by atoms with Crippen molar-refractivity contribution in [2.24, 2.45) is 0 Å². The van der Waals surface area contributed by atoms with Crippen molar-refractivity contribution in [3.05, 3.63) is 58.6 Å². The van der Waals surface area contributed by atoms with Crippen molar-refractivity contribution in [2.45, 2.75) is 64.0 Å². The van der Waals surface area contributed by atoms with E-state index in [-0.39, 0.29) is 18.1 Å². The maximum Gasteiger partial charge on any atom is 0.251 e. The van der Waals surface area contributed by atoms with Crippen LogP contribution in [0.2, 0.25) is 0 Å². The van der Waals surface area contributed by atoms with Crippen LogP contribution in [0.15, 0.2) is 36.8 Å². The highest BCUT2D eigenvalue weighted by Crippen LogP contribution is 2.41. The molecule has 1 saturated carbocycles. The minimum absolute atomic E-state index is 0.0866. The summed E-state index contributed by atoms with van der Waals surface area (Å²) in [5, 5.41) is 3.97. The first kappa shape index (κ1) is 22.9. The van der Waals surface area contributed by atoms with Crippen molar-refractivity contribution in [3.8, 4) is 16.3 Å². The summed E-state index contributed by atoms with van der Waals surface area (Å²) in [6.07, 6.45) is 10.9. The molecule has 1 atom stereocenters. The molecule has 0 radical (unpaired) electrons. The molecule has 2 fully saturated rings. The Bertz CT molecular complexity index is 1140. The molecule has 1 aromatic carbocycles. The zero-order valence-electron chi connectivity index (χ0n) is 19.6. The zero-order chi connectivity index (χ0) is 23.5. The number of benzene rings is 1. The van der Waals surface area contributed by atoms with Crippen LogP contribution in [0.3, 0.4) is 0 Å². The Balaban J connectivity index is 1.40. The van der Waals surface area contributed by atoms with Crippen molar-refractivity contribution in [1.29, 1.82) is 0 Å². The normalized spacial score (nSPS) is 17.7. The van der Waals surface area contributed by atoms with E-state index in [0.29, 0.717) is 30.4 Å². The molecule has 1 unspecified atom stereocenters. The predicted octanol–water partition coefficient (Wildman–Crippen LogP) is 5.22. The van der Waals surface area contributed by atoms with Gasteiger partial charge in [-0.1, -0.05) is 6.42 Å². The van der Waals surface area contributed by atoms with E-state index < -0.39 is 0 Å². The van der Waals surface area contributed by atoms with E-state index in [9.17, 15) is 4.79 Å². The molecule has 2 aromatic heterocycles. The third-order valence-corrected chi connectivity index (χ3v) is 7.72. The van der Waals surface area contributed by atoms with Gasteiger partial charge in [-0.05, 0) is 50.8 Å². The van der Waals surface area contributed by atoms with E-state index in [1.54, 1.807) is 23.7 Å². The molecule has 0 bridgehead atoms. The fourth-order valence-electron chi connectivity index (χ4n) is 4.19. The lowest BCUT2D eigenvalue weighted by molar-refractivity contribution is 0.0255. The highest BCUT2D eigenvalue weighted by atomic mass is 32.1. The Kier molecular flexibility index (Phi) is 6.87. The molecular formula is C26H30N4O3S. The van der Waals surface area contributed by atoms with Gasteiger partial charge in [0.25, 0.3) is 5.91 Å². The second-order valence-corrected chi connectivity index (χ2v) is 10.2. The molecule has 1 aliphatic heterocycles. The van der Waals surface area contributed by atoms with E-state index in [1.165, 1.54) is 24.1 Å². The number of amides is 1. The van der Waals surface area contributed by atoms with Crippen LogP contribution >= 0.6 is 11.3 Å². The molecule has 7 nitrogen and oxygen atoms in total. The molecule has 3 heterocycles. The van der Waals surface area contributed by atoms with E-state index >= 15 is 0 Å². The van der Waals surface area contributed by atoms with Crippen molar-refractivity contribution >= 4 is 17.2 Å². The third kappa shape index (κ3) is 5.28. The van der Waals surface area contributed by atoms with Gasteiger partial charge >= 0.3 is 0 Å². The van der Waals surface area contributed by atoms with Crippen LogP contribution in [0.4, 0.5) is 0 Å². The first-order chi connectivity index (χ1) is 16.5. The van der Waals surface area contributed by atoms with Gasteiger partial charge in [0.2, 0.25) is 0 Å². The van der Waals surface area contributed by atoms with Crippen LogP contribution in [0.25, 0.3) is 10.6 Å². The summed E-state index contributed by atoms with van der Waals surface area (Å²) in [6.45, 7) is 5.20. The maximum absolute atomic E-state index is 13.2. The number of aromatic nitrogens is 3. The number of hydrogen-bond acceptors (Lipinski definition) is 7. The summed E-state index contributed by atoms with van der Waals surface area (Å²) in [7, 11) is 0. The average Bonchev–Trinajstić information content (AvgIpc) is 3.28. The van der Waals surface area contributed by atoms with E-state index in [2.05, 4.69) is 20.3 Å². The fraction of sp³-hybridized carbons (Fsp3) is 0.462. The van der Waals surface area contributed by atoms with Crippen molar-refractivity contribution < 1.29 is 14.3 Å². The lowest BCUT2D eigenvalue weighted by atomic mass is 9.85. The summed E-state index contributed by atoms with van der Waals surface area (Å²) in [5.41, 5.74) is 3.02. The molecule has 5 rings (SSSR count). The molecule has 2 aliphatic rings. The number of thiazole rings is 1. The SMILES string of the molecule is Cc1cnc(C(C)NC(=O)c2cc(OC3CCOCC3)cc(-c3ncc(C4CCC4)s3)c2)cn1. The summed E-state index contributed by atoms with van der Waals surface area (Å²) in [6, 6.07) is 5.46. The van der Waals surface area contributed by atoms with Crippen LogP contribution in [0.1, 0.15) is 77.6 Å². The second kappa shape index (κ2) is 10.2. The van der Waals surface area contributed by atoms with Gasteiger partial charge < -0.3 is 14.8 Å². The number of hydrogen-bond donors (Lipinski definition) is 1. The Morgan fingerprint density at radius 1 is 1.09 bits per heavy atom. The van der Waals surface area contributed by atoms with E-state index in [1.807, 2.05) is 38.2 Å². The molecule has 1 saturated heterocycles. The number of carbonyl (C=O) groups is 1. The lowest BCUT2D eigenvalue weighted by Gasteiger charge is -2.24. The molecule has 0 spiro atoms. The van der Waals surface area contributed by atoms with Gasteiger partial charge in [0.05, 0.1) is 36.8 Å². The second-order valence-electron chi connectivity index (χ2n) is 9.15. The molecule has 1 amide bonds. The van der Waals surface area contributed by atoms with Crippen molar-refractivity contribution in [1.82, 2.24) is 20.3 Å². The van der Waals surface area contributed by atoms with E-state index in [0.717, 1.165) is 34.8 Å². The molecule has 34 heavy (non-hydrogen) atoms. The predicted molar refractivity (Wildman–Crippen MR) is 131 cm³/mol. The number of ether oxygens (including phenoxy) is 2. The van der Waals surface area contributed by atoms with Gasteiger partial charge in [-0.15, -0.1) is 11.3 Å². The molecule has 1 N–H and O–H groups in total. The van der Waals surface area contributed by atoms with Crippen LogP contribution in [-0.4, -0.2) is 40.2 Å². The minimum Gasteiger partial charge on any atom is -0.490 e. The van der Waals surface area contributed by atoms with Gasteiger partial charge in [-0.2, -0.15) is 0 Å². The first-order valence-corrected chi connectivity index (χ1v) is 12.8. The topological polar surface area (TPSA) is 86.2 Å². The van der Waals surface area contributed by atoms with Gasteiger partial charge in [-0.3, -0.25) is 14.8 Å². The highest BCUT2D eigenvalue weighted by molar-refractivity contribution is 7.15. The van der Waals surface area contributed by atoms with Crippen LogP contribution in [0, 0.1) is 6.92 Å². The van der Waals surface area contributed by atoms with Crippen molar-refractivity contribution in [3.63, 3.8) is 0 Å². The molecule has 3 aromatic rings. The number of nitrogens with zero attached hydrogens (tertiary/aromatic N) is 3. The Morgan fingerprint density at radius 2 is 1.91 bits per heavy atom. The van der Waals surface area contributed by atoms with Gasteiger partial charge in [-0.25, -0.2) is 4.98 Å². The summed E-state index contributed by atoms with van der Waals surface area (Å²) in [5.74, 6) is 1.15. The smallest absolute Gasteiger partial charge is 0.251 e. The van der Waals surface area contributed by atoms with Crippen LogP contribution in [0.5, 0.6) is 5.75 Å². The zero-order valence-corrected chi connectivity index (χ0v) is 20.4. The monoisotopic (exact) mass is 478 g/mol. The minimum atomic E-state index is -0.269. The molecule has 8 heteroatoms. The molecule has 178 valence electrons. The van der Waals surface area contributed by atoms with Crippen LogP contribution < -0.4 is 10.1 Å². The Hall–Kier alpha value is -2.84. The number of carbonyl (C=O) groups excluding carboxylic acids is 1. The van der Waals surface area contributed by atoms with Crippen LogP contribution in [-0.2, 0) is 4.74 Å². The Labute approximate surface area is 204 Å². The van der Waals surface area contributed by atoms with E-state index in [4.69, 9.17) is 9.47 Å². The summed E-state index contributed by atoms with van der Waals surface area (Å²) in [4.78, 5) is 27.9. The van der Waals surface area contributed by atoms with Gasteiger partial charge in [0.1, 0.15) is 16.9 Å². The van der Waals surface area contributed by atoms with Gasteiger partial charge in [0, 0.05) is 41.2 Å². The standard InChI is InChI=1S/C26H30N4O3S/c1-16-13-28-23(14-27-16)17(2)30-25(31)19-10-20(26-29-15-24(34-26)18-4-3-5-18)12-22(11-19)33-21-6-8-32-9-7-21/h10-15,17-18,21H,3-9H2,1-2H3,(H,30,31). The summed E-state index contributed by atoms with van der Waals surface area (Å²) < 4.78 is 11.8. The molecular weight excluding hydrogens is 448 g/mol. The lowest BCUT2D eigenvalue weighted by Crippen LogP contribution is -2.28. The van der Waals surface area contributed by atoms with Crippen molar-refractivity contribution in [2.75, 3.05) is 13.2 Å². The number of aryl methyl sites for hydroxylation is 1. The van der Waals surface area contributed by atoms with Gasteiger partial charge in [0.15, 0.2) is 0 Å². The highest BCUT2D eigenvalue weighted by Gasteiger charge is 2.23. The average molecular weight is 479 g/mol. The number of rotatable bonds is 7. The first-order valence-electron chi connectivity index (χ1n) is 12.0. The molecule has 1 aliphatic carbocycles. The summed E-state index contributed by atoms with van der Waals surface area (Å²) >= 11 is 1.72.